The van der Waals surface area contributed by atoms with Gasteiger partial charge in [0.1, 0.15) is 0 Å². The Morgan fingerprint density at radius 2 is 2.23 bits per heavy atom. The Hall–Kier alpha value is -0.120. The van der Waals surface area contributed by atoms with E-state index in [4.69, 9.17) is 10.5 Å². The normalized spacial score (nSPS) is 25.8. The molecule has 0 spiro atoms. The third-order valence-corrected chi connectivity index (χ3v) is 2.89. The van der Waals surface area contributed by atoms with E-state index in [1.807, 2.05) is 0 Å². The quantitative estimate of drug-likeness (QED) is 0.702. The maximum Gasteiger partial charge on any atom is 0.0589 e. The summed E-state index contributed by atoms with van der Waals surface area (Å²) in [5.74, 6) is 0.757. The molecule has 0 aliphatic carbocycles. The summed E-state index contributed by atoms with van der Waals surface area (Å²) < 4.78 is 5.07. The average Bonchev–Trinajstić information content (AvgIpc) is 2.39. The molecule has 1 saturated heterocycles. The molecule has 0 aromatic carbocycles. The summed E-state index contributed by atoms with van der Waals surface area (Å²) >= 11 is 0. The van der Waals surface area contributed by atoms with Gasteiger partial charge in [-0.15, -0.1) is 0 Å². The molecule has 0 radical (unpaired) electrons. The monoisotopic (exact) mass is 186 g/mol. The van der Waals surface area contributed by atoms with Crippen LogP contribution in [0.5, 0.6) is 0 Å². The van der Waals surface area contributed by atoms with Gasteiger partial charge in [0, 0.05) is 13.7 Å². The first-order valence-corrected chi connectivity index (χ1v) is 5.28. The molecule has 1 unspecified atom stereocenters. The van der Waals surface area contributed by atoms with Gasteiger partial charge in [0.05, 0.1) is 6.61 Å². The first-order valence-electron chi connectivity index (χ1n) is 5.28. The van der Waals surface area contributed by atoms with Crippen molar-refractivity contribution in [2.45, 2.75) is 19.3 Å². The standard InChI is InChI=1S/C10H22N2O/c1-13-8-7-12-5-2-3-10(9-11)4-6-12/h10H,2-9,11H2,1H3. The van der Waals surface area contributed by atoms with Gasteiger partial charge in [-0.25, -0.2) is 0 Å². The molecule has 3 nitrogen and oxygen atoms in total. The van der Waals surface area contributed by atoms with Crippen LogP contribution in [0.2, 0.25) is 0 Å². The molecule has 1 fully saturated rings. The van der Waals surface area contributed by atoms with Crippen LogP contribution >= 0.6 is 0 Å². The lowest BCUT2D eigenvalue weighted by Gasteiger charge is -2.19. The van der Waals surface area contributed by atoms with Gasteiger partial charge in [0.2, 0.25) is 0 Å². The second-order valence-electron chi connectivity index (χ2n) is 3.87. The van der Waals surface area contributed by atoms with Crippen molar-refractivity contribution >= 4 is 0 Å². The Labute approximate surface area is 81.2 Å². The van der Waals surface area contributed by atoms with Gasteiger partial charge in [-0.2, -0.15) is 0 Å². The zero-order valence-electron chi connectivity index (χ0n) is 8.67. The lowest BCUT2D eigenvalue weighted by Crippen LogP contribution is -2.28. The highest BCUT2D eigenvalue weighted by atomic mass is 16.5. The fraction of sp³-hybridized carbons (Fsp3) is 1.00. The van der Waals surface area contributed by atoms with Crippen molar-refractivity contribution in [1.82, 2.24) is 4.90 Å². The van der Waals surface area contributed by atoms with Crippen molar-refractivity contribution < 1.29 is 4.74 Å². The molecule has 1 aliphatic heterocycles. The largest absolute Gasteiger partial charge is 0.383 e. The summed E-state index contributed by atoms with van der Waals surface area (Å²) in [6.45, 7) is 5.21. The number of hydrogen-bond donors (Lipinski definition) is 1. The zero-order chi connectivity index (χ0) is 9.52. The molecule has 1 atom stereocenters. The maximum absolute atomic E-state index is 5.68. The molecule has 3 heteroatoms. The van der Waals surface area contributed by atoms with Crippen LogP contribution in [0.25, 0.3) is 0 Å². The van der Waals surface area contributed by atoms with Crippen LogP contribution in [0.1, 0.15) is 19.3 Å². The van der Waals surface area contributed by atoms with Gasteiger partial charge in [-0.05, 0) is 44.8 Å². The Balaban J connectivity index is 2.19. The highest BCUT2D eigenvalue weighted by Gasteiger charge is 2.14. The number of ether oxygens (including phenoxy) is 1. The van der Waals surface area contributed by atoms with Crippen LogP contribution in [0.3, 0.4) is 0 Å². The molecule has 1 aliphatic rings. The SMILES string of the molecule is COCCN1CCCC(CN)CC1. The second-order valence-corrected chi connectivity index (χ2v) is 3.87. The lowest BCUT2D eigenvalue weighted by atomic mass is 10.0. The van der Waals surface area contributed by atoms with Crippen molar-refractivity contribution in [2.75, 3.05) is 39.9 Å². The first kappa shape index (κ1) is 11.0. The van der Waals surface area contributed by atoms with E-state index in [1.165, 1.54) is 32.4 Å². The third-order valence-electron chi connectivity index (χ3n) is 2.89. The Kier molecular flexibility index (Phi) is 5.35. The first-order chi connectivity index (χ1) is 6.36. The van der Waals surface area contributed by atoms with Crippen LogP contribution in [-0.2, 0) is 4.74 Å². The van der Waals surface area contributed by atoms with Crippen molar-refractivity contribution in [2.24, 2.45) is 11.7 Å². The van der Waals surface area contributed by atoms with Crippen molar-refractivity contribution in [1.29, 1.82) is 0 Å². The number of likely N-dealkylation sites (tertiary alicyclic amines) is 1. The molecule has 0 bridgehead atoms. The number of hydrogen-bond acceptors (Lipinski definition) is 3. The van der Waals surface area contributed by atoms with Gasteiger partial charge in [-0.1, -0.05) is 0 Å². The van der Waals surface area contributed by atoms with E-state index in [2.05, 4.69) is 4.90 Å². The summed E-state index contributed by atoms with van der Waals surface area (Å²) in [5, 5.41) is 0. The molecule has 1 rings (SSSR count). The van der Waals surface area contributed by atoms with E-state index in [0.29, 0.717) is 0 Å². The summed E-state index contributed by atoms with van der Waals surface area (Å²) in [6, 6.07) is 0. The number of nitrogens with two attached hydrogens (primary N) is 1. The molecule has 0 aromatic heterocycles. The average molecular weight is 186 g/mol. The molecule has 0 aromatic rings. The minimum atomic E-state index is 0.757. The topological polar surface area (TPSA) is 38.5 Å². The van der Waals surface area contributed by atoms with Gasteiger partial charge >= 0.3 is 0 Å². The van der Waals surface area contributed by atoms with E-state index in [-0.39, 0.29) is 0 Å². The molecule has 13 heavy (non-hydrogen) atoms. The summed E-state index contributed by atoms with van der Waals surface area (Å²) in [4.78, 5) is 2.49. The number of nitrogens with zero attached hydrogens (tertiary/aromatic N) is 1. The predicted molar refractivity (Wildman–Crippen MR) is 54.7 cm³/mol. The second kappa shape index (κ2) is 6.35. The molecular weight excluding hydrogens is 164 g/mol. The van der Waals surface area contributed by atoms with Gasteiger partial charge in [0.25, 0.3) is 0 Å². The minimum absolute atomic E-state index is 0.757. The van der Waals surface area contributed by atoms with E-state index >= 15 is 0 Å². The minimum Gasteiger partial charge on any atom is -0.383 e. The van der Waals surface area contributed by atoms with Crippen molar-refractivity contribution in [3.05, 3.63) is 0 Å². The molecule has 2 N–H and O–H groups in total. The molecular formula is C10H22N2O. The highest BCUT2D eigenvalue weighted by molar-refractivity contribution is 4.70. The lowest BCUT2D eigenvalue weighted by molar-refractivity contribution is 0.149. The van der Waals surface area contributed by atoms with Gasteiger partial charge < -0.3 is 15.4 Å². The fourth-order valence-corrected chi connectivity index (χ4v) is 1.90. The summed E-state index contributed by atoms with van der Waals surface area (Å²) in [7, 11) is 1.76. The van der Waals surface area contributed by atoms with Gasteiger partial charge in [-0.3, -0.25) is 0 Å². The maximum atomic E-state index is 5.68. The summed E-state index contributed by atoms with van der Waals surface area (Å²) in [6.07, 6.45) is 3.87. The van der Waals surface area contributed by atoms with E-state index in [0.717, 1.165) is 25.6 Å². The predicted octanol–water partition coefficient (Wildman–Crippen LogP) is 0.694. The molecule has 1 heterocycles. The molecule has 0 saturated carbocycles. The van der Waals surface area contributed by atoms with Crippen molar-refractivity contribution in [3.8, 4) is 0 Å². The van der Waals surface area contributed by atoms with E-state index in [1.54, 1.807) is 7.11 Å². The van der Waals surface area contributed by atoms with Crippen LogP contribution in [0, 0.1) is 5.92 Å². The molecule has 0 amide bonds. The third kappa shape index (κ3) is 4.07. The molecule has 78 valence electrons. The highest BCUT2D eigenvalue weighted by Crippen LogP contribution is 2.15. The van der Waals surface area contributed by atoms with Crippen molar-refractivity contribution in [3.63, 3.8) is 0 Å². The van der Waals surface area contributed by atoms with Crippen LogP contribution in [-0.4, -0.2) is 44.8 Å². The van der Waals surface area contributed by atoms with E-state index < -0.39 is 0 Å². The Morgan fingerprint density at radius 3 is 2.92 bits per heavy atom. The fourth-order valence-electron chi connectivity index (χ4n) is 1.90. The van der Waals surface area contributed by atoms with Crippen LogP contribution in [0.4, 0.5) is 0 Å². The zero-order valence-corrected chi connectivity index (χ0v) is 8.67. The Morgan fingerprint density at radius 1 is 1.38 bits per heavy atom. The van der Waals surface area contributed by atoms with Crippen LogP contribution in [0.15, 0.2) is 0 Å². The number of methoxy groups -OCH3 is 1. The number of rotatable bonds is 4. The Bertz CT molecular complexity index is 130. The van der Waals surface area contributed by atoms with Gasteiger partial charge in [0.15, 0.2) is 0 Å². The smallest absolute Gasteiger partial charge is 0.0589 e. The van der Waals surface area contributed by atoms with E-state index in [9.17, 15) is 0 Å². The summed E-state index contributed by atoms with van der Waals surface area (Å²) in [5.41, 5.74) is 5.68. The van der Waals surface area contributed by atoms with Crippen LogP contribution < -0.4 is 5.73 Å².